The predicted molar refractivity (Wildman–Crippen MR) is 96.5 cm³/mol. The minimum absolute atomic E-state index is 0.00196. The molecule has 3 rings (SSSR count). The summed E-state index contributed by atoms with van der Waals surface area (Å²) in [6, 6.07) is 12.3. The molecule has 0 radical (unpaired) electrons. The van der Waals surface area contributed by atoms with Gasteiger partial charge in [0.25, 0.3) is 0 Å². The van der Waals surface area contributed by atoms with Crippen LogP contribution in [-0.2, 0) is 16.1 Å². The van der Waals surface area contributed by atoms with E-state index in [0.717, 1.165) is 24.5 Å². The molecular weight excluding hydrogens is 373 g/mol. The summed E-state index contributed by atoms with van der Waals surface area (Å²) in [7, 11) is 0. The zero-order chi connectivity index (χ0) is 19.9. The predicted octanol–water partition coefficient (Wildman–Crippen LogP) is 3.87. The SMILES string of the molecule is O=C(Cc1ccccc1)NC(=NOCC1CC1)c1c(F)cccc1OC(F)F. The van der Waals surface area contributed by atoms with Crippen molar-refractivity contribution in [1.29, 1.82) is 0 Å². The highest BCUT2D eigenvalue weighted by Gasteiger charge is 2.24. The van der Waals surface area contributed by atoms with E-state index in [0.29, 0.717) is 12.5 Å². The van der Waals surface area contributed by atoms with Gasteiger partial charge in [0.05, 0.1) is 12.0 Å². The second-order valence-electron chi connectivity index (χ2n) is 6.38. The second kappa shape index (κ2) is 9.25. The number of alkyl halides is 2. The van der Waals surface area contributed by atoms with Gasteiger partial charge in [-0.3, -0.25) is 4.79 Å². The molecule has 0 aliphatic heterocycles. The van der Waals surface area contributed by atoms with Gasteiger partial charge >= 0.3 is 6.61 Å². The zero-order valence-corrected chi connectivity index (χ0v) is 14.9. The van der Waals surface area contributed by atoms with Crippen LogP contribution in [-0.4, -0.2) is 25.0 Å². The van der Waals surface area contributed by atoms with Crippen molar-refractivity contribution in [3.8, 4) is 5.75 Å². The molecule has 0 aromatic heterocycles. The number of oxime groups is 1. The highest BCUT2D eigenvalue weighted by molar-refractivity contribution is 6.09. The smallest absolute Gasteiger partial charge is 0.387 e. The highest BCUT2D eigenvalue weighted by atomic mass is 19.3. The van der Waals surface area contributed by atoms with Gasteiger partial charge in [-0.25, -0.2) is 4.39 Å². The second-order valence-corrected chi connectivity index (χ2v) is 6.38. The molecule has 1 N–H and O–H groups in total. The Morgan fingerprint density at radius 2 is 1.89 bits per heavy atom. The van der Waals surface area contributed by atoms with Crippen LogP contribution in [0.5, 0.6) is 5.75 Å². The van der Waals surface area contributed by atoms with Crippen LogP contribution in [0.2, 0.25) is 0 Å². The number of hydrogen-bond donors (Lipinski definition) is 1. The molecule has 1 aliphatic carbocycles. The van der Waals surface area contributed by atoms with Gasteiger partial charge in [-0.05, 0) is 36.5 Å². The van der Waals surface area contributed by atoms with E-state index in [1.807, 2.05) is 6.07 Å². The normalized spacial score (nSPS) is 14.1. The lowest BCUT2D eigenvalue weighted by molar-refractivity contribution is -0.119. The molecule has 1 saturated carbocycles. The molecule has 1 aliphatic rings. The third-order valence-corrected chi connectivity index (χ3v) is 4.06. The molecule has 28 heavy (non-hydrogen) atoms. The summed E-state index contributed by atoms with van der Waals surface area (Å²) in [5.41, 5.74) is 0.343. The molecule has 0 atom stereocenters. The minimum atomic E-state index is -3.16. The van der Waals surface area contributed by atoms with Crippen molar-refractivity contribution < 1.29 is 27.5 Å². The molecule has 5 nitrogen and oxygen atoms in total. The topological polar surface area (TPSA) is 59.9 Å². The molecular formula is C20H19F3N2O3. The molecule has 148 valence electrons. The van der Waals surface area contributed by atoms with E-state index in [4.69, 9.17) is 4.84 Å². The summed E-state index contributed by atoms with van der Waals surface area (Å²) >= 11 is 0. The lowest BCUT2D eigenvalue weighted by Gasteiger charge is -2.14. The molecule has 8 heteroatoms. The number of ether oxygens (including phenoxy) is 1. The molecule has 1 fully saturated rings. The molecule has 0 spiro atoms. The van der Waals surface area contributed by atoms with Crippen LogP contribution in [0, 0.1) is 11.7 Å². The van der Waals surface area contributed by atoms with Gasteiger partial charge in [0.1, 0.15) is 18.2 Å². The maximum Gasteiger partial charge on any atom is 0.387 e. The Kier molecular flexibility index (Phi) is 6.52. The number of carbonyl (C=O) groups excluding carboxylic acids is 1. The Morgan fingerprint density at radius 1 is 1.14 bits per heavy atom. The van der Waals surface area contributed by atoms with Gasteiger partial charge in [-0.15, -0.1) is 0 Å². The number of nitrogens with one attached hydrogen (secondary N) is 1. The van der Waals surface area contributed by atoms with E-state index < -0.39 is 24.1 Å². The first-order valence-corrected chi connectivity index (χ1v) is 8.80. The third-order valence-electron chi connectivity index (χ3n) is 4.06. The Morgan fingerprint density at radius 3 is 2.57 bits per heavy atom. The summed E-state index contributed by atoms with van der Waals surface area (Å²) < 4.78 is 44.2. The van der Waals surface area contributed by atoms with Crippen LogP contribution >= 0.6 is 0 Å². The van der Waals surface area contributed by atoms with E-state index in [1.165, 1.54) is 12.1 Å². The average Bonchev–Trinajstić information content (AvgIpc) is 3.46. The Labute approximate surface area is 160 Å². The van der Waals surface area contributed by atoms with Gasteiger partial charge in [0.15, 0.2) is 5.84 Å². The van der Waals surface area contributed by atoms with Crippen molar-refractivity contribution in [2.75, 3.05) is 6.61 Å². The summed E-state index contributed by atoms with van der Waals surface area (Å²) in [5, 5.41) is 6.26. The molecule has 0 saturated heterocycles. The van der Waals surface area contributed by atoms with Gasteiger partial charge in [-0.2, -0.15) is 8.78 Å². The molecule has 1 amide bonds. The van der Waals surface area contributed by atoms with Gasteiger partial charge in [-0.1, -0.05) is 41.6 Å². The van der Waals surface area contributed by atoms with Crippen molar-refractivity contribution in [1.82, 2.24) is 5.32 Å². The fraction of sp³-hybridized carbons (Fsp3) is 0.300. The molecule has 0 bridgehead atoms. The Bertz CT molecular complexity index is 840. The van der Waals surface area contributed by atoms with Crippen LogP contribution in [0.3, 0.4) is 0 Å². The summed E-state index contributed by atoms with van der Waals surface area (Å²) in [6.07, 6.45) is 2.01. The van der Waals surface area contributed by atoms with Crippen LogP contribution < -0.4 is 10.1 Å². The zero-order valence-electron chi connectivity index (χ0n) is 14.9. The Hall–Kier alpha value is -3.03. The van der Waals surface area contributed by atoms with Gasteiger partial charge in [0, 0.05) is 0 Å². The molecule has 0 heterocycles. The van der Waals surface area contributed by atoms with E-state index >= 15 is 0 Å². The first-order chi connectivity index (χ1) is 13.5. The number of rotatable bonds is 8. The lowest BCUT2D eigenvalue weighted by Crippen LogP contribution is -2.34. The van der Waals surface area contributed by atoms with E-state index in [1.54, 1.807) is 24.3 Å². The number of benzene rings is 2. The number of amidine groups is 1. The monoisotopic (exact) mass is 392 g/mol. The van der Waals surface area contributed by atoms with Crippen LogP contribution in [0.1, 0.15) is 24.0 Å². The minimum Gasteiger partial charge on any atom is -0.434 e. The average molecular weight is 392 g/mol. The first kappa shape index (κ1) is 19.7. The quantitative estimate of drug-likeness (QED) is 0.421. The van der Waals surface area contributed by atoms with Crippen LogP contribution in [0.4, 0.5) is 13.2 Å². The standard InChI is InChI=1S/C20H19F3N2O3/c21-15-7-4-8-16(28-20(22)23)18(15)19(25-27-12-14-9-10-14)24-17(26)11-13-5-2-1-3-6-13/h1-8,14,20H,9-12H2,(H,24,25,26). The number of hydrogen-bond acceptors (Lipinski definition) is 4. The fourth-order valence-corrected chi connectivity index (χ4v) is 2.51. The highest BCUT2D eigenvalue weighted by Crippen LogP contribution is 2.29. The van der Waals surface area contributed by atoms with Gasteiger partial charge in [0.2, 0.25) is 5.91 Å². The van der Waals surface area contributed by atoms with Crippen molar-refractivity contribution >= 4 is 11.7 Å². The molecule has 0 unspecified atom stereocenters. The number of carbonyl (C=O) groups is 1. The largest absolute Gasteiger partial charge is 0.434 e. The van der Waals surface area contributed by atoms with Crippen LogP contribution in [0.25, 0.3) is 0 Å². The third kappa shape index (κ3) is 5.73. The van der Waals surface area contributed by atoms with Crippen molar-refractivity contribution in [3.05, 3.63) is 65.5 Å². The summed E-state index contributed by atoms with van der Waals surface area (Å²) in [6.45, 7) is -2.86. The fourth-order valence-electron chi connectivity index (χ4n) is 2.51. The first-order valence-electron chi connectivity index (χ1n) is 8.80. The number of nitrogens with zero attached hydrogens (tertiary/aromatic N) is 1. The Balaban J connectivity index is 1.83. The van der Waals surface area contributed by atoms with Crippen molar-refractivity contribution in [2.24, 2.45) is 11.1 Å². The van der Waals surface area contributed by atoms with E-state index in [2.05, 4.69) is 15.2 Å². The van der Waals surface area contributed by atoms with Crippen LogP contribution in [0.15, 0.2) is 53.7 Å². The van der Waals surface area contributed by atoms with E-state index in [9.17, 15) is 18.0 Å². The maximum absolute atomic E-state index is 14.4. The van der Waals surface area contributed by atoms with Crippen molar-refractivity contribution in [3.63, 3.8) is 0 Å². The molecule has 2 aromatic rings. The molecule has 2 aromatic carbocycles. The number of halogens is 3. The van der Waals surface area contributed by atoms with Gasteiger partial charge < -0.3 is 14.9 Å². The van der Waals surface area contributed by atoms with E-state index in [-0.39, 0.29) is 17.8 Å². The summed E-state index contributed by atoms with van der Waals surface area (Å²) in [5.74, 6) is -1.75. The maximum atomic E-state index is 14.4. The lowest BCUT2D eigenvalue weighted by atomic mass is 10.1. The summed E-state index contributed by atoms with van der Waals surface area (Å²) in [4.78, 5) is 17.6. The van der Waals surface area contributed by atoms with Crippen molar-refractivity contribution in [2.45, 2.75) is 25.9 Å². The number of amides is 1.